The van der Waals surface area contributed by atoms with Gasteiger partial charge in [-0.3, -0.25) is 4.79 Å². The first kappa shape index (κ1) is 15.0. The largest absolute Gasteiger partial charge is 0.383 e. The highest BCUT2D eigenvalue weighted by Crippen LogP contribution is 2.48. The summed E-state index contributed by atoms with van der Waals surface area (Å²) in [5, 5.41) is 6.26. The number of carbonyl (C=O) groups is 1. The van der Waals surface area contributed by atoms with Crippen molar-refractivity contribution in [3.8, 4) is 0 Å². The van der Waals surface area contributed by atoms with Crippen LogP contribution in [0.2, 0.25) is 0 Å². The summed E-state index contributed by atoms with van der Waals surface area (Å²) in [6.45, 7) is 2.99. The molecule has 1 amide bonds. The second-order valence-electron chi connectivity index (χ2n) is 5.44. The summed E-state index contributed by atoms with van der Waals surface area (Å²) < 4.78 is 4.95. The van der Waals surface area contributed by atoms with Crippen molar-refractivity contribution < 1.29 is 9.53 Å². The van der Waals surface area contributed by atoms with E-state index < -0.39 is 0 Å². The quantitative estimate of drug-likeness (QED) is 0.670. The number of ether oxygens (including phenoxy) is 1. The van der Waals surface area contributed by atoms with E-state index >= 15 is 0 Å². The van der Waals surface area contributed by atoms with Gasteiger partial charge in [0.15, 0.2) is 0 Å². The summed E-state index contributed by atoms with van der Waals surface area (Å²) in [7, 11) is 1.68. The number of rotatable bonds is 9. The molecule has 4 nitrogen and oxygen atoms in total. The molecule has 0 radical (unpaired) electrons. The van der Waals surface area contributed by atoms with Crippen molar-refractivity contribution in [2.45, 2.75) is 19.3 Å². The van der Waals surface area contributed by atoms with Gasteiger partial charge in [0, 0.05) is 26.7 Å². The van der Waals surface area contributed by atoms with Crippen LogP contribution in [0.5, 0.6) is 0 Å². The average molecular weight is 276 g/mol. The van der Waals surface area contributed by atoms with Gasteiger partial charge in [-0.05, 0) is 24.8 Å². The number of nitrogens with one attached hydrogen (secondary N) is 2. The molecule has 1 saturated carbocycles. The Morgan fingerprint density at radius 2 is 1.95 bits per heavy atom. The van der Waals surface area contributed by atoms with Gasteiger partial charge in [-0.15, -0.1) is 0 Å². The zero-order chi connectivity index (χ0) is 14.3. The van der Waals surface area contributed by atoms with Crippen LogP contribution in [-0.4, -0.2) is 39.3 Å². The molecule has 1 aromatic carbocycles. The van der Waals surface area contributed by atoms with Crippen LogP contribution in [0.25, 0.3) is 0 Å². The molecule has 0 aliphatic heterocycles. The molecule has 20 heavy (non-hydrogen) atoms. The lowest BCUT2D eigenvalue weighted by atomic mass is 9.95. The standard InChI is InChI=1S/C16H24N2O2/c1-20-12-11-17-9-10-18-15(19)16(7-8-16)13-14-5-3-2-4-6-14/h2-6,17H,7-13H2,1H3,(H,18,19). The van der Waals surface area contributed by atoms with Gasteiger partial charge in [0.2, 0.25) is 5.91 Å². The molecule has 0 bridgehead atoms. The number of carbonyl (C=O) groups excluding carboxylic acids is 1. The third-order valence-electron chi connectivity index (χ3n) is 3.79. The molecule has 0 spiro atoms. The minimum absolute atomic E-state index is 0.145. The first-order chi connectivity index (χ1) is 9.77. The number of hydrogen-bond donors (Lipinski definition) is 2. The Hall–Kier alpha value is -1.39. The first-order valence-corrected chi connectivity index (χ1v) is 7.29. The maximum absolute atomic E-state index is 12.3. The minimum Gasteiger partial charge on any atom is -0.383 e. The van der Waals surface area contributed by atoms with Gasteiger partial charge in [-0.25, -0.2) is 0 Å². The summed E-state index contributed by atoms with van der Waals surface area (Å²) in [4.78, 5) is 12.3. The molecular formula is C16H24N2O2. The van der Waals surface area contributed by atoms with Gasteiger partial charge in [0.1, 0.15) is 0 Å². The van der Waals surface area contributed by atoms with Crippen molar-refractivity contribution in [2.24, 2.45) is 5.41 Å². The predicted octanol–water partition coefficient (Wildman–Crippen LogP) is 1.36. The van der Waals surface area contributed by atoms with Crippen LogP contribution < -0.4 is 10.6 Å². The van der Waals surface area contributed by atoms with Crippen molar-refractivity contribution in [2.75, 3.05) is 33.4 Å². The third kappa shape index (κ3) is 4.32. The molecular weight excluding hydrogens is 252 g/mol. The monoisotopic (exact) mass is 276 g/mol. The van der Waals surface area contributed by atoms with E-state index in [0.717, 1.165) is 32.4 Å². The van der Waals surface area contributed by atoms with Gasteiger partial charge in [-0.1, -0.05) is 30.3 Å². The summed E-state index contributed by atoms with van der Waals surface area (Å²) in [6, 6.07) is 10.3. The van der Waals surface area contributed by atoms with E-state index in [1.165, 1.54) is 5.56 Å². The van der Waals surface area contributed by atoms with Crippen LogP contribution in [0.3, 0.4) is 0 Å². The Bertz CT molecular complexity index is 416. The molecule has 110 valence electrons. The SMILES string of the molecule is COCCNCCNC(=O)C1(Cc2ccccc2)CC1. The van der Waals surface area contributed by atoms with Crippen molar-refractivity contribution in [1.29, 1.82) is 0 Å². The minimum atomic E-state index is -0.145. The second-order valence-corrected chi connectivity index (χ2v) is 5.44. The Kier molecular flexibility index (Phi) is 5.56. The van der Waals surface area contributed by atoms with Crippen LogP contribution in [0.4, 0.5) is 0 Å². The molecule has 0 heterocycles. The summed E-state index contributed by atoms with van der Waals surface area (Å²) in [5.74, 6) is 0.204. The maximum Gasteiger partial charge on any atom is 0.226 e. The molecule has 1 aliphatic carbocycles. The molecule has 1 aliphatic rings. The number of amides is 1. The second kappa shape index (κ2) is 7.41. The molecule has 1 aromatic rings. The smallest absolute Gasteiger partial charge is 0.226 e. The van der Waals surface area contributed by atoms with E-state index in [4.69, 9.17) is 4.74 Å². The van der Waals surface area contributed by atoms with Crippen molar-refractivity contribution in [1.82, 2.24) is 10.6 Å². The number of methoxy groups -OCH3 is 1. The fraction of sp³-hybridized carbons (Fsp3) is 0.562. The Labute approximate surface area is 120 Å². The topological polar surface area (TPSA) is 50.4 Å². The molecule has 4 heteroatoms. The number of benzene rings is 1. The summed E-state index contributed by atoms with van der Waals surface area (Å²) in [6.07, 6.45) is 2.87. The first-order valence-electron chi connectivity index (χ1n) is 7.29. The van der Waals surface area contributed by atoms with E-state index in [1.54, 1.807) is 7.11 Å². The van der Waals surface area contributed by atoms with Gasteiger partial charge < -0.3 is 15.4 Å². The highest BCUT2D eigenvalue weighted by atomic mass is 16.5. The molecule has 0 unspecified atom stereocenters. The van der Waals surface area contributed by atoms with E-state index in [0.29, 0.717) is 13.2 Å². The predicted molar refractivity (Wildman–Crippen MR) is 79.6 cm³/mol. The van der Waals surface area contributed by atoms with Crippen LogP contribution in [0.1, 0.15) is 18.4 Å². The molecule has 1 fully saturated rings. The lowest BCUT2D eigenvalue weighted by Gasteiger charge is -2.15. The molecule has 0 saturated heterocycles. The highest BCUT2D eigenvalue weighted by Gasteiger charge is 2.49. The summed E-state index contributed by atoms with van der Waals surface area (Å²) in [5.41, 5.74) is 1.10. The van der Waals surface area contributed by atoms with Gasteiger partial charge in [0.05, 0.1) is 12.0 Å². The Balaban J connectivity index is 1.69. The van der Waals surface area contributed by atoms with Crippen molar-refractivity contribution in [3.63, 3.8) is 0 Å². The Morgan fingerprint density at radius 3 is 2.60 bits per heavy atom. The van der Waals surface area contributed by atoms with E-state index in [-0.39, 0.29) is 11.3 Å². The lowest BCUT2D eigenvalue weighted by Crippen LogP contribution is -2.38. The average Bonchev–Trinajstić information content (AvgIpc) is 3.24. The summed E-state index contributed by atoms with van der Waals surface area (Å²) >= 11 is 0. The zero-order valence-corrected chi connectivity index (χ0v) is 12.2. The van der Waals surface area contributed by atoms with Gasteiger partial charge in [-0.2, -0.15) is 0 Å². The van der Waals surface area contributed by atoms with Crippen LogP contribution in [-0.2, 0) is 16.0 Å². The fourth-order valence-corrected chi connectivity index (χ4v) is 2.37. The fourth-order valence-electron chi connectivity index (χ4n) is 2.37. The molecule has 2 rings (SSSR count). The van der Waals surface area contributed by atoms with Crippen LogP contribution >= 0.6 is 0 Å². The highest BCUT2D eigenvalue weighted by molar-refractivity contribution is 5.85. The lowest BCUT2D eigenvalue weighted by molar-refractivity contribution is -0.126. The molecule has 0 aromatic heterocycles. The van der Waals surface area contributed by atoms with Gasteiger partial charge in [0.25, 0.3) is 0 Å². The van der Waals surface area contributed by atoms with Gasteiger partial charge >= 0.3 is 0 Å². The van der Waals surface area contributed by atoms with E-state index in [2.05, 4.69) is 22.8 Å². The third-order valence-corrected chi connectivity index (χ3v) is 3.79. The van der Waals surface area contributed by atoms with E-state index in [1.807, 2.05) is 18.2 Å². The maximum atomic E-state index is 12.3. The Morgan fingerprint density at radius 1 is 1.20 bits per heavy atom. The molecule has 2 N–H and O–H groups in total. The van der Waals surface area contributed by atoms with Crippen molar-refractivity contribution in [3.05, 3.63) is 35.9 Å². The van der Waals surface area contributed by atoms with E-state index in [9.17, 15) is 4.79 Å². The van der Waals surface area contributed by atoms with Crippen LogP contribution in [0, 0.1) is 5.41 Å². The van der Waals surface area contributed by atoms with Crippen LogP contribution in [0.15, 0.2) is 30.3 Å². The molecule has 0 atom stereocenters. The normalized spacial score (nSPS) is 15.8. The number of hydrogen-bond acceptors (Lipinski definition) is 3. The zero-order valence-electron chi connectivity index (χ0n) is 12.2. The van der Waals surface area contributed by atoms with Crippen molar-refractivity contribution >= 4 is 5.91 Å².